The van der Waals surface area contributed by atoms with Crippen LogP contribution in [0.15, 0.2) is 64.2 Å². The van der Waals surface area contributed by atoms with E-state index >= 15 is 0 Å². The number of amides is 1. The monoisotopic (exact) mass is 515 g/mol. The molecule has 0 atom stereocenters. The SMILES string of the molecule is Cc1nocc1-c1ccc2c(=O)n(Cc3cc(F)cc(C(=O)Nc4nc5c(s4)CCNC5)c3)ccc2c1. The molecule has 1 aliphatic rings. The Morgan fingerprint density at radius 2 is 2.14 bits per heavy atom. The Bertz CT molecular complexity index is 1700. The van der Waals surface area contributed by atoms with Crippen molar-refractivity contribution in [2.24, 2.45) is 0 Å². The summed E-state index contributed by atoms with van der Waals surface area (Å²) in [6, 6.07) is 11.5. The van der Waals surface area contributed by atoms with E-state index in [1.807, 2.05) is 25.1 Å². The topological polar surface area (TPSA) is 102 Å². The maximum absolute atomic E-state index is 14.5. The van der Waals surface area contributed by atoms with Crippen molar-refractivity contribution in [2.75, 3.05) is 11.9 Å². The fraction of sp³-hybridized carbons (Fsp3) is 0.185. The van der Waals surface area contributed by atoms with Gasteiger partial charge >= 0.3 is 0 Å². The van der Waals surface area contributed by atoms with Crippen LogP contribution in [0, 0.1) is 12.7 Å². The molecule has 0 spiro atoms. The van der Waals surface area contributed by atoms with E-state index in [9.17, 15) is 14.0 Å². The first-order chi connectivity index (χ1) is 17.9. The Balaban J connectivity index is 1.25. The molecule has 6 rings (SSSR count). The summed E-state index contributed by atoms with van der Waals surface area (Å²) in [6.07, 6.45) is 4.12. The standard InChI is InChI=1S/C27H22FN5O3S/c1-15-22(14-36-32-15)17-2-3-21-18(10-17)5-7-33(26(21)35)13-16-8-19(11-20(28)9-16)25(34)31-27-30-23-12-29-6-4-24(23)37-27/h2-3,5,7-11,14,29H,4,6,12-13H2,1H3,(H,30,31,34). The quantitative estimate of drug-likeness (QED) is 0.357. The number of nitrogens with one attached hydrogen (secondary N) is 2. The highest BCUT2D eigenvalue weighted by molar-refractivity contribution is 7.15. The number of hydrogen-bond acceptors (Lipinski definition) is 7. The largest absolute Gasteiger partial charge is 0.364 e. The molecule has 10 heteroatoms. The Hall–Kier alpha value is -4.15. The van der Waals surface area contributed by atoms with Gasteiger partial charge in [0.15, 0.2) is 5.13 Å². The minimum Gasteiger partial charge on any atom is -0.364 e. The van der Waals surface area contributed by atoms with E-state index in [0.29, 0.717) is 22.6 Å². The summed E-state index contributed by atoms with van der Waals surface area (Å²) < 4.78 is 21.0. The fourth-order valence-electron chi connectivity index (χ4n) is 4.57. The van der Waals surface area contributed by atoms with Gasteiger partial charge in [-0.25, -0.2) is 9.37 Å². The van der Waals surface area contributed by atoms with Crippen molar-refractivity contribution < 1.29 is 13.7 Å². The lowest BCUT2D eigenvalue weighted by molar-refractivity contribution is 0.102. The molecule has 0 saturated heterocycles. The summed E-state index contributed by atoms with van der Waals surface area (Å²) in [6.45, 7) is 3.54. The summed E-state index contributed by atoms with van der Waals surface area (Å²) in [4.78, 5) is 31.7. The van der Waals surface area contributed by atoms with E-state index < -0.39 is 11.7 Å². The lowest BCUT2D eigenvalue weighted by Gasteiger charge is -2.10. The summed E-state index contributed by atoms with van der Waals surface area (Å²) >= 11 is 1.44. The maximum Gasteiger partial charge on any atom is 0.258 e. The minimum atomic E-state index is -0.548. The van der Waals surface area contributed by atoms with E-state index in [4.69, 9.17) is 4.52 Å². The van der Waals surface area contributed by atoms with Crippen LogP contribution in [0.25, 0.3) is 21.9 Å². The zero-order valence-electron chi connectivity index (χ0n) is 19.9. The Morgan fingerprint density at radius 1 is 1.24 bits per heavy atom. The van der Waals surface area contributed by atoms with Gasteiger partial charge in [0.05, 0.1) is 17.9 Å². The molecule has 0 unspecified atom stereocenters. The molecule has 8 nitrogen and oxygen atoms in total. The number of fused-ring (bicyclic) bond motifs is 2. The maximum atomic E-state index is 14.5. The number of nitrogens with zero attached hydrogens (tertiary/aromatic N) is 3. The molecule has 37 heavy (non-hydrogen) atoms. The van der Waals surface area contributed by atoms with Crippen LogP contribution in [-0.4, -0.2) is 27.2 Å². The summed E-state index contributed by atoms with van der Waals surface area (Å²) in [7, 11) is 0. The van der Waals surface area contributed by atoms with Gasteiger partial charge in [0.25, 0.3) is 11.5 Å². The van der Waals surface area contributed by atoms with Crippen LogP contribution < -0.4 is 16.2 Å². The second-order valence-electron chi connectivity index (χ2n) is 8.98. The van der Waals surface area contributed by atoms with Gasteiger partial charge in [-0.05, 0) is 66.3 Å². The highest BCUT2D eigenvalue weighted by atomic mass is 32.1. The van der Waals surface area contributed by atoms with Crippen molar-refractivity contribution in [3.05, 3.63) is 98.5 Å². The molecule has 186 valence electrons. The van der Waals surface area contributed by atoms with Crippen LogP contribution >= 0.6 is 11.3 Å². The molecule has 5 aromatic rings. The summed E-state index contributed by atoms with van der Waals surface area (Å²) in [5.41, 5.74) is 3.95. The van der Waals surface area contributed by atoms with Crippen LogP contribution in [-0.2, 0) is 19.5 Å². The number of rotatable bonds is 5. The predicted molar refractivity (Wildman–Crippen MR) is 139 cm³/mol. The molecule has 0 bridgehead atoms. The third-order valence-electron chi connectivity index (χ3n) is 6.43. The van der Waals surface area contributed by atoms with Crippen molar-refractivity contribution >= 4 is 33.1 Å². The predicted octanol–water partition coefficient (Wildman–Crippen LogP) is 4.51. The number of aromatic nitrogens is 3. The highest BCUT2D eigenvalue weighted by Crippen LogP contribution is 2.27. The molecule has 2 aromatic carbocycles. The number of aryl methyl sites for hydroxylation is 1. The number of anilines is 1. The van der Waals surface area contributed by atoms with E-state index in [0.717, 1.165) is 45.7 Å². The van der Waals surface area contributed by atoms with Gasteiger partial charge < -0.3 is 14.4 Å². The highest BCUT2D eigenvalue weighted by Gasteiger charge is 2.18. The van der Waals surface area contributed by atoms with Gasteiger partial charge in [-0.1, -0.05) is 11.2 Å². The molecule has 2 N–H and O–H groups in total. The first-order valence-corrected chi connectivity index (χ1v) is 12.6. The van der Waals surface area contributed by atoms with Gasteiger partial charge in [-0.15, -0.1) is 11.3 Å². The van der Waals surface area contributed by atoms with Crippen LogP contribution in [0.3, 0.4) is 0 Å². The van der Waals surface area contributed by atoms with Crippen LogP contribution in [0.2, 0.25) is 0 Å². The van der Waals surface area contributed by atoms with Crippen molar-refractivity contribution in [3.63, 3.8) is 0 Å². The number of carbonyl (C=O) groups is 1. The molecular formula is C27H22FN5O3S. The first kappa shape index (κ1) is 23.3. The molecule has 1 amide bonds. The lowest BCUT2D eigenvalue weighted by atomic mass is 10.0. The molecule has 0 aliphatic carbocycles. The third-order valence-corrected chi connectivity index (χ3v) is 7.50. The average Bonchev–Trinajstić information content (AvgIpc) is 3.50. The number of halogens is 1. The van der Waals surface area contributed by atoms with Gasteiger partial charge in [-0.3, -0.25) is 14.9 Å². The average molecular weight is 516 g/mol. The third kappa shape index (κ3) is 4.56. The second-order valence-corrected chi connectivity index (χ2v) is 10.1. The van der Waals surface area contributed by atoms with E-state index in [2.05, 4.69) is 20.8 Å². The van der Waals surface area contributed by atoms with Crippen LogP contribution in [0.5, 0.6) is 0 Å². The minimum absolute atomic E-state index is 0.122. The molecule has 0 fully saturated rings. The number of hydrogen-bond donors (Lipinski definition) is 2. The van der Waals surface area contributed by atoms with Gasteiger partial charge in [0.1, 0.15) is 12.1 Å². The van der Waals surface area contributed by atoms with E-state index in [1.165, 1.54) is 28.0 Å². The van der Waals surface area contributed by atoms with Crippen molar-refractivity contribution in [1.29, 1.82) is 0 Å². The molecular weight excluding hydrogens is 493 g/mol. The number of carbonyl (C=O) groups excluding carboxylic acids is 1. The Kier molecular flexibility index (Phi) is 5.90. The fourth-order valence-corrected chi connectivity index (χ4v) is 5.54. The zero-order valence-corrected chi connectivity index (χ0v) is 20.7. The van der Waals surface area contributed by atoms with Crippen LogP contribution in [0.4, 0.5) is 9.52 Å². The number of benzene rings is 2. The summed E-state index contributed by atoms with van der Waals surface area (Å²) in [5.74, 6) is -0.991. The number of pyridine rings is 1. The smallest absolute Gasteiger partial charge is 0.258 e. The Morgan fingerprint density at radius 3 is 2.95 bits per heavy atom. The molecule has 3 aromatic heterocycles. The van der Waals surface area contributed by atoms with Crippen molar-refractivity contribution in [3.8, 4) is 11.1 Å². The summed E-state index contributed by atoms with van der Waals surface area (Å²) in [5, 5.41) is 11.8. The number of thiazole rings is 1. The second kappa shape index (κ2) is 9.38. The van der Waals surface area contributed by atoms with Gasteiger partial charge in [0.2, 0.25) is 0 Å². The first-order valence-electron chi connectivity index (χ1n) is 11.8. The van der Waals surface area contributed by atoms with Gasteiger partial charge in [0, 0.05) is 40.7 Å². The molecule has 0 radical (unpaired) electrons. The van der Waals surface area contributed by atoms with Gasteiger partial charge in [-0.2, -0.15) is 0 Å². The molecule has 0 saturated carbocycles. The Labute approximate surface area is 214 Å². The van der Waals surface area contributed by atoms with E-state index in [-0.39, 0.29) is 17.7 Å². The van der Waals surface area contributed by atoms with Crippen LogP contribution in [0.1, 0.15) is 32.2 Å². The van der Waals surface area contributed by atoms with Crippen molar-refractivity contribution in [2.45, 2.75) is 26.4 Å². The lowest BCUT2D eigenvalue weighted by Crippen LogP contribution is -2.22. The molecule has 4 heterocycles. The zero-order chi connectivity index (χ0) is 25.5. The van der Waals surface area contributed by atoms with E-state index in [1.54, 1.807) is 24.6 Å². The normalized spacial score (nSPS) is 13.0. The van der Waals surface area contributed by atoms with Crippen molar-refractivity contribution in [1.82, 2.24) is 20.0 Å². The molecule has 1 aliphatic heterocycles.